The monoisotopic (exact) mass is 401 g/mol. The molecule has 0 aliphatic heterocycles. The third-order valence-electron chi connectivity index (χ3n) is 4.84. The maximum Gasteiger partial charge on any atom is 0.254 e. The SMILES string of the molecule is NC(=O)c1cnc(NC2CCCC(F)C2N)nc1Nc1ccc2ncsc2c1. The summed E-state index contributed by atoms with van der Waals surface area (Å²) in [5.41, 5.74) is 15.0. The first-order valence-corrected chi connectivity index (χ1v) is 9.82. The topological polar surface area (TPSA) is 132 Å². The molecule has 2 heterocycles. The van der Waals surface area contributed by atoms with Crippen molar-refractivity contribution < 1.29 is 9.18 Å². The maximum atomic E-state index is 13.9. The lowest BCUT2D eigenvalue weighted by Gasteiger charge is -2.32. The number of fused-ring (bicyclic) bond motifs is 1. The van der Waals surface area contributed by atoms with E-state index in [1.807, 2.05) is 18.2 Å². The van der Waals surface area contributed by atoms with Crippen molar-refractivity contribution in [2.75, 3.05) is 10.6 Å². The fourth-order valence-corrected chi connectivity index (χ4v) is 4.02. The molecular formula is C18H20FN7OS. The van der Waals surface area contributed by atoms with Crippen LogP contribution < -0.4 is 22.1 Å². The van der Waals surface area contributed by atoms with Crippen LogP contribution in [0.1, 0.15) is 29.6 Å². The average Bonchev–Trinajstić information content (AvgIpc) is 3.13. The molecule has 4 rings (SSSR count). The smallest absolute Gasteiger partial charge is 0.254 e. The lowest BCUT2D eigenvalue weighted by atomic mass is 9.89. The van der Waals surface area contributed by atoms with Gasteiger partial charge in [-0.1, -0.05) is 0 Å². The van der Waals surface area contributed by atoms with Crippen LogP contribution in [0, 0.1) is 0 Å². The van der Waals surface area contributed by atoms with Crippen molar-refractivity contribution in [1.82, 2.24) is 15.0 Å². The Labute approximate surface area is 164 Å². The number of carbonyl (C=O) groups excluding carboxylic acids is 1. The number of aromatic nitrogens is 3. The van der Waals surface area contributed by atoms with Crippen LogP contribution in [0.15, 0.2) is 29.9 Å². The summed E-state index contributed by atoms with van der Waals surface area (Å²) >= 11 is 1.51. The van der Waals surface area contributed by atoms with E-state index >= 15 is 0 Å². The molecule has 2 aromatic heterocycles. The number of alkyl halides is 1. The third kappa shape index (κ3) is 3.73. The van der Waals surface area contributed by atoms with E-state index < -0.39 is 18.1 Å². The highest BCUT2D eigenvalue weighted by Gasteiger charge is 2.31. The van der Waals surface area contributed by atoms with E-state index in [0.29, 0.717) is 6.42 Å². The van der Waals surface area contributed by atoms with E-state index in [-0.39, 0.29) is 23.4 Å². The minimum Gasteiger partial charge on any atom is -0.365 e. The van der Waals surface area contributed by atoms with Crippen LogP contribution in [-0.4, -0.2) is 39.1 Å². The number of hydrogen-bond acceptors (Lipinski definition) is 8. The minimum atomic E-state index is -1.06. The van der Waals surface area contributed by atoms with Gasteiger partial charge in [-0.05, 0) is 37.5 Å². The molecule has 1 aromatic carbocycles. The Bertz CT molecular complexity index is 1010. The van der Waals surface area contributed by atoms with Crippen LogP contribution in [0.3, 0.4) is 0 Å². The number of amides is 1. The van der Waals surface area contributed by atoms with Gasteiger partial charge in [-0.25, -0.2) is 14.4 Å². The number of anilines is 3. The number of thiazole rings is 1. The first-order valence-electron chi connectivity index (χ1n) is 8.94. The zero-order chi connectivity index (χ0) is 19.7. The molecule has 1 aliphatic rings. The summed E-state index contributed by atoms with van der Waals surface area (Å²) in [7, 11) is 0. The summed E-state index contributed by atoms with van der Waals surface area (Å²) in [6.45, 7) is 0. The molecule has 8 nitrogen and oxygen atoms in total. The predicted molar refractivity (Wildman–Crippen MR) is 108 cm³/mol. The molecule has 3 unspecified atom stereocenters. The number of nitrogens with zero attached hydrogens (tertiary/aromatic N) is 3. The molecule has 28 heavy (non-hydrogen) atoms. The van der Waals surface area contributed by atoms with Gasteiger partial charge in [-0.2, -0.15) is 4.98 Å². The molecule has 0 bridgehead atoms. The predicted octanol–water partition coefficient (Wildman–Crippen LogP) is 2.56. The standard InChI is InChI=1S/C18H20FN7OS/c19-11-2-1-3-13(15(11)20)25-18-22-7-10(16(21)27)17(26-18)24-9-4-5-12-14(6-9)28-8-23-12/h4-8,11,13,15H,1-3,20H2,(H2,21,27)(H2,22,24,25,26). The molecule has 0 saturated heterocycles. The van der Waals surface area contributed by atoms with Gasteiger partial charge < -0.3 is 22.1 Å². The molecule has 1 amide bonds. The summed E-state index contributed by atoms with van der Waals surface area (Å²) < 4.78 is 14.9. The molecule has 6 N–H and O–H groups in total. The Kier molecular flexibility index (Phi) is 5.05. The Morgan fingerprint density at radius 3 is 2.96 bits per heavy atom. The second-order valence-corrected chi connectivity index (χ2v) is 7.64. The van der Waals surface area contributed by atoms with E-state index in [1.54, 1.807) is 5.51 Å². The zero-order valence-electron chi connectivity index (χ0n) is 14.9. The van der Waals surface area contributed by atoms with Crippen LogP contribution in [0.4, 0.5) is 21.8 Å². The van der Waals surface area contributed by atoms with E-state index in [0.717, 1.165) is 28.7 Å². The molecular weight excluding hydrogens is 381 g/mol. The number of primary amides is 1. The van der Waals surface area contributed by atoms with Crippen molar-refractivity contribution in [3.63, 3.8) is 0 Å². The quantitative estimate of drug-likeness (QED) is 0.516. The average molecular weight is 401 g/mol. The second-order valence-electron chi connectivity index (χ2n) is 6.76. The fraction of sp³-hybridized carbons (Fsp3) is 0.333. The molecule has 3 atom stereocenters. The van der Waals surface area contributed by atoms with Gasteiger partial charge >= 0.3 is 0 Å². The van der Waals surface area contributed by atoms with Crippen molar-refractivity contribution in [2.45, 2.75) is 37.5 Å². The normalized spacial score (nSPS) is 22.1. The highest BCUT2D eigenvalue weighted by molar-refractivity contribution is 7.16. The number of hydrogen-bond donors (Lipinski definition) is 4. The Morgan fingerprint density at radius 2 is 2.14 bits per heavy atom. The van der Waals surface area contributed by atoms with Crippen molar-refractivity contribution in [1.29, 1.82) is 0 Å². The van der Waals surface area contributed by atoms with Crippen molar-refractivity contribution in [3.8, 4) is 0 Å². The van der Waals surface area contributed by atoms with E-state index in [2.05, 4.69) is 25.6 Å². The van der Waals surface area contributed by atoms with Crippen molar-refractivity contribution >= 4 is 44.9 Å². The van der Waals surface area contributed by atoms with E-state index in [4.69, 9.17) is 11.5 Å². The van der Waals surface area contributed by atoms with Crippen molar-refractivity contribution in [3.05, 3.63) is 35.5 Å². The van der Waals surface area contributed by atoms with Gasteiger partial charge in [0.2, 0.25) is 5.95 Å². The van der Waals surface area contributed by atoms with Gasteiger partial charge in [0, 0.05) is 17.9 Å². The molecule has 1 aliphatic carbocycles. The van der Waals surface area contributed by atoms with Crippen LogP contribution in [0.5, 0.6) is 0 Å². The first-order chi connectivity index (χ1) is 13.5. The largest absolute Gasteiger partial charge is 0.365 e. The van der Waals surface area contributed by atoms with Gasteiger partial charge in [0.25, 0.3) is 5.91 Å². The van der Waals surface area contributed by atoms with Crippen molar-refractivity contribution in [2.24, 2.45) is 11.5 Å². The molecule has 1 fully saturated rings. The first kappa shape index (κ1) is 18.5. The van der Waals surface area contributed by atoms with Crippen LogP contribution in [0.2, 0.25) is 0 Å². The highest BCUT2D eigenvalue weighted by Crippen LogP contribution is 2.27. The van der Waals surface area contributed by atoms with Gasteiger partial charge in [0.05, 0.1) is 21.8 Å². The zero-order valence-corrected chi connectivity index (χ0v) is 15.7. The maximum absolute atomic E-state index is 13.9. The number of nitrogens with one attached hydrogen (secondary N) is 2. The molecule has 0 radical (unpaired) electrons. The minimum absolute atomic E-state index is 0.159. The fourth-order valence-electron chi connectivity index (χ4n) is 3.30. The summed E-state index contributed by atoms with van der Waals surface area (Å²) in [6, 6.07) is 4.73. The van der Waals surface area contributed by atoms with Gasteiger partial charge in [0.15, 0.2) is 0 Å². The second kappa shape index (κ2) is 7.64. The summed E-state index contributed by atoms with van der Waals surface area (Å²) in [4.78, 5) is 24.6. The summed E-state index contributed by atoms with van der Waals surface area (Å²) in [5.74, 6) is -0.109. The number of rotatable bonds is 5. The van der Waals surface area contributed by atoms with Gasteiger partial charge in [-0.3, -0.25) is 4.79 Å². The van der Waals surface area contributed by atoms with Crippen LogP contribution >= 0.6 is 11.3 Å². The number of nitrogens with two attached hydrogens (primary N) is 2. The van der Waals surface area contributed by atoms with E-state index in [1.165, 1.54) is 17.5 Å². The van der Waals surface area contributed by atoms with E-state index in [9.17, 15) is 9.18 Å². The summed E-state index contributed by atoms with van der Waals surface area (Å²) in [5, 5.41) is 6.21. The number of benzene rings is 1. The molecule has 3 aromatic rings. The Balaban J connectivity index is 1.61. The third-order valence-corrected chi connectivity index (χ3v) is 5.63. The lowest BCUT2D eigenvalue weighted by Crippen LogP contribution is -2.49. The molecule has 1 saturated carbocycles. The lowest BCUT2D eigenvalue weighted by molar-refractivity contribution is 0.100. The molecule has 10 heteroatoms. The Morgan fingerprint density at radius 1 is 1.29 bits per heavy atom. The Hall–Kier alpha value is -2.85. The molecule has 146 valence electrons. The number of carbonyl (C=O) groups is 1. The highest BCUT2D eigenvalue weighted by atomic mass is 32.1. The van der Waals surface area contributed by atoms with Gasteiger partial charge in [-0.15, -0.1) is 11.3 Å². The number of halogens is 1. The van der Waals surface area contributed by atoms with Crippen LogP contribution in [0.25, 0.3) is 10.2 Å². The molecule has 0 spiro atoms. The van der Waals surface area contributed by atoms with Crippen LogP contribution in [-0.2, 0) is 0 Å². The van der Waals surface area contributed by atoms with Gasteiger partial charge in [0.1, 0.15) is 17.6 Å². The summed E-state index contributed by atoms with van der Waals surface area (Å²) in [6.07, 6.45) is 2.24.